The molecule has 106 valence electrons. The van der Waals surface area contributed by atoms with E-state index in [4.69, 9.17) is 5.73 Å². The molecule has 0 aromatic rings. The summed E-state index contributed by atoms with van der Waals surface area (Å²) in [4.78, 5) is 12.1. The Morgan fingerprint density at radius 1 is 1.22 bits per heavy atom. The van der Waals surface area contributed by atoms with Crippen LogP contribution in [0.5, 0.6) is 0 Å². The van der Waals surface area contributed by atoms with E-state index in [9.17, 15) is 4.79 Å². The van der Waals surface area contributed by atoms with E-state index in [0.29, 0.717) is 12.3 Å². The number of hydrogen-bond acceptors (Lipinski definition) is 2. The van der Waals surface area contributed by atoms with E-state index in [1.165, 1.54) is 6.42 Å². The van der Waals surface area contributed by atoms with Gasteiger partial charge < -0.3 is 11.1 Å². The highest BCUT2D eigenvalue weighted by Crippen LogP contribution is 2.29. The zero-order chi connectivity index (χ0) is 14.0. The van der Waals surface area contributed by atoms with E-state index in [0.717, 1.165) is 19.3 Å². The second kappa shape index (κ2) is 5.60. The van der Waals surface area contributed by atoms with Crippen molar-refractivity contribution in [2.45, 2.75) is 78.3 Å². The quantitative estimate of drug-likeness (QED) is 0.810. The highest BCUT2D eigenvalue weighted by atomic mass is 16.1. The van der Waals surface area contributed by atoms with Gasteiger partial charge in [-0.1, -0.05) is 27.2 Å². The lowest BCUT2D eigenvalue weighted by molar-refractivity contribution is -0.124. The Morgan fingerprint density at radius 3 is 2.28 bits per heavy atom. The molecule has 18 heavy (non-hydrogen) atoms. The molecule has 1 saturated carbocycles. The number of nitrogens with two attached hydrogens (primary N) is 1. The lowest BCUT2D eigenvalue weighted by Crippen LogP contribution is -2.46. The van der Waals surface area contributed by atoms with Gasteiger partial charge in [-0.3, -0.25) is 4.79 Å². The van der Waals surface area contributed by atoms with Crippen molar-refractivity contribution in [2.24, 2.45) is 17.1 Å². The number of rotatable bonds is 4. The average molecular weight is 254 g/mol. The predicted octanol–water partition coefficient (Wildman–Crippen LogP) is 2.83. The van der Waals surface area contributed by atoms with E-state index in [1.807, 2.05) is 0 Å². The van der Waals surface area contributed by atoms with Gasteiger partial charge in [0.2, 0.25) is 5.91 Å². The summed E-state index contributed by atoms with van der Waals surface area (Å²) in [5.41, 5.74) is 6.09. The molecule has 1 aliphatic carbocycles. The van der Waals surface area contributed by atoms with Crippen LogP contribution in [0.4, 0.5) is 0 Å². The van der Waals surface area contributed by atoms with E-state index in [1.54, 1.807) is 0 Å². The van der Waals surface area contributed by atoms with Crippen LogP contribution in [0.25, 0.3) is 0 Å². The molecule has 0 radical (unpaired) electrons. The maximum atomic E-state index is 12.1. The molecular weight excluding hydrogens is 224 g/mol. The number of amides is 1. The molecule has 0 unspecified atom stereocenters. The van der Waals surface area contributed by atoms with Gasteiger partial charge in [0.15, 0.2) is 0 Å². The molecule has 0 aromatic heterocycles. The lowest BCUT2D eigenvalue weighted by atomic mass is 9.81. The van der Waals surface area contributed by atoms with E-state index >= 15 is 0 Å². The van der Waals surface area contributed by atoms with Crippen molar-refractivity contribution >= 4 is 5.91 Å². The molecule has 0 heterocycles. The Hall–Kier alpha value is -0.570. The number of nitrogens with one attached hydrogen (secondary N) is 1. The molecule has 0 saturated heterocycles. The summed E-state index contributed by atoms with van der Waals surface area (Å²) in [6, 6.07) is 0.224. The van der Waals surface area contributed by atoms with Crippen LogP contribution in [-0.2, 0) is 4.79 Å². The second-order valence-electron chi connectivity index (χ2n) is 7.73. The number of carbonyl (C=O) groups is 1. The van der Waals surface area contributed by atoms with Crippen LogP contribution < -0.4 is 11.1 Å². The molecule has 1 fully saturated rings. The molecule has 1 rings (SSSR count). The molecule has 3 heteroatoms. The summed E-state index contributed by atoms with van der Waals surface area (Å²) >= 11 is 0. The second-order valence-corrected chi connectivity index (χ2v) is 7.73. The van der Waals surface area contributed by atoms with Gasteiger partial charge in [-0.2, -0.15) is 0 Å². The summed E-state index contributed by atoms with van der Waals surface area (Å²) in [5.74, 6) is 0.544. The van der Waals surface area contributed by atoms with Gasteiger partial charge in [0.25, 0.3) is 0 Å². The van der Waals surface area contributed by atoms with E-state index in [-0.39, 0.29) is 22.9 Å². The largest absolute Gasteiger partial charge is 0.351 e. The standard InChI is InChI=1S/C15H30N2O/c1-14(2,3)10-15(4,5)17-13(18)9-11-7-6-8-12(11)16/h11-12H,6-10,16H2,1-5H3,(H,17,18)/t11-,12+/m0/s1. The topological polar surface area (TPSA) is 55.1 Å². The van der Waals surface area contributed by atoms with Crippen molar-refractivity contribution in [3.63, 3.8) is 0 Å². The SMILES string of the molecule is CC(C)(C)CC(C)(C)NC(=O)C[C@@H]1CCC[C@H]1N. The van der Waals surface area contributed by atoms with Crippen LogP contribution in [0.2, 0.25) is 0 Å². The van der Waals surface area contributed by atoms with Gasteiger partial charge in [-0.25, -0.2) is 0 Å². The average Bonchev–Trinajstić information content (AvgIpc) is 2.45. The molecule has 0 bridgehead atoms. The molecule has 0 aliphatic heterocycles. The molecular formula is C15H30N2O. The molecule has 1 amide bonds. The predicted molar refractivity (Wildman–Crippen MR) is 76.2 cm³/mol. The van der Waals surface area contributed by atoms with Crippen molar-refractivity contribution < 1.29 is 4.79 Å². The number of hydrogen-bond donors (Lipinski definition) is 2. The minimum Gasteiger partial charge on any atom is -0.351 e. The van der Waals surface area contributed by atoms with Gasteiger partial charge >= 0.3 is 0 Å². The Balaban J connectivity index is 2.43. The van der Waals surface area contributed by atoms with Crippen molar-refractivity contribution in [3.8, 4) is 0 Å². The maximum absolute atomic E-state index is 12.1. The van der Waals surface area contributed by atoms with E-state index in [2.05, 4.69) is 39.9 Å². The normalized spacial score (nSPS) is 25.2. The fraction of sp³-hybridized carbons (Fsp3) is 0.933. The zero-order valence-corrected chi connectivity index (χ0v) is 12.7. The molecule has 3 N–H and O–H groups in total. The molecule has 0 aromatic carbocycles. The monoisotopic (exact) mass is 254 g/mol. The lowest BCUT2D eigenvalue weighted by Gasteiger charge is -2.33. The first-order valence-corrected chi connectivity index (χ1v) is 7.16. The summed E-state index contributed by atoms with van der Waals surface area (Å²) in [7, 11) is 0. The van der Waals surface area contributed by atoms with Crippen molar-refractivity contribution in [2.75, 3.05) is 0 Å². The van der Waals surface area contributed by atoms with Gasteiger partial charge in [-0.05, 0) is 44.4 Å². The summed E-state index contributed by atoms with van der Waals surface area (Å²) < 4.78 is 0. The maximum Gasteiger partial charge on any atom is 0.220 e. The van der Waals surface area contributed by atoms with Crippen molar-refractivity contribution in [1.29, 1.82) is 0 Å². The molecule has 3 nitrogen and oxygen atoms in total. The summed E-state index contributed by atoms with van der Waals surface area (Å²) in [6.45, 7) is 10.8. The smallest absolute Gasteiger partial charge is 0.220 e. The van der Waals surface area contributed by atoms with Gasteiger partial charge in [0.05, 0.1) is 0 Å². The van der Waals surface area contributed by atoms with Crippen LogP contribution in [-0.4, -0.2) is 17.5 Å². The number of carbonyl (C=O) groups excluding carboxylic acids is 1. The van der Waals surface area contributed by atoms with Crippen LogP contribution in [0.15, 0.2) is 0 Å². The summed E-state index contributed by atoms with van der Waals surface area (Å²) in [5, 5.41) is 3.17. The van der Waals surface area contributed by atoms with Gasteiger partial charge in [0, 0.05) is 18.0 Å². The Bertz CT molecular complexity index is 291. The molecule has 0 spiro atoms. The van der Waals surface area contributed by atoms with Crippen molar-refractivity contribution in [3.05, 3.63) is 0 Å². The van der Waals surface area contributed by atoms with Crippen LogP contribution in [0, 0.1) is 11.3 Å². The fourth-order valence-electron chi connectivity index (χ4n) is 3.36. The van der Waals surface area contributed by atoms with Crippen molar-refractivity contribution in [1.82, 2.24) is 5.32 Å². The third kappa shape index (κ3) is 5.38. The van der Waals surface area contributed by atoms with Crippen LogP contribution in [0.1, 0.15) is 66.7 Å². The zero-order valence-electron chi connectivity index (χ0n) is 12.7. The van der Waals surface area contributed by atoms with Crippen LogP contribution in [0.3, 0.4) is 0 Å². The molecule has 1 aliphatic rings. The minimum absolute atomic E-state index is 0.141. The van der Waals surface area contributed by atoms with Gasteiger partial charge in [-0.15, -0.1) is 0 Å². The third-order valence-corrected chi connectivity index (χ3v) is 3.62. The Kier molecular flexibility index (Phi) is 4.82. The first kappa shape index (κ1) is 15.5. The minimum atomic E-state index is -0.141. The highest BCUT2D eigenvalue weighted by molar-refractivity contribution is 5.77. The van der Waals surface area contributed by atoms with Gasteiger partial charge in [0.1, 0.15) is 0 Å². The first-order chi connectivity index (χ1) is 8.09. The van der Waals surface area contributed by atoms with Crippen LogP contribution >= 0.6 is 0 Å². The first-order valence-electron chi connectivity index (χ1n) is 7.16. The Morgan fingerprint density at radius 2 is 1.83 bits per heavy atom. The van der Waals surface area contributed by atoms with E-state index < -0.39 is 0 Å². The highest BCUT2D eigenvalue weighted by Gasteiger charge is 2.30. The third-order valence-electron chi connectivity index (χ3n) is 3.62. The summed E-state index contributed by atoms with van der Waals surface area (Å²) in [6.07, 6.45) is 4.92. The Labute approximate surface area is 112 Å². The fourth-order valence-corrected chi connectivity index (χ4v) is 3.36. The molecule has 2 atom stereocenters.